The highest BCUT2D eigenvalue weighted by atomic mass is 32.2. The number of terminal acetylenes is 1. The van der Waals surface area contributed by atoms with Crippen LogP contribution in [-0.2, 0) is 19.6 Å². The highest BCUT2D eigenvalue weighted by molar-refractivity contribution is 7.90. The number of amides is 2. The minimum atomic E-state index is -3.85. The van der Waals surface area contributed by atoms with E-state index in [4.69, 9.17) is 6.42 Å². The highest BCUT2D eigenvalue weighted by Crippen LogP contribution is 2.47. The Morgan fingerprint density at radius 2 is 1.72 bits per heavy atom. The van der Waals surface area contributed by atoms with Crippen LogP contribution in [0.5, 0.6) is 0 Å². The molecule has 5 rings (SSSR count). The van der Waals surface area contributed by atoms with Crippen LogP contribution >= 0.6 is 0 Å². The van der Waals surface area contributed by atoms with Gasteiger partial charge in [0.25, 0.3) is 10.0 Å². The Bertz CT molecular complexity index is 1390. The Kier molecular flexibility index (Phi) is 4.69. The predicted molar refractivity (Wildman–Crippen MR) is 119 cm³/mol. The summed E-state index contributed by atoms with van der Waals surface area (Å²) >= 11 is 0. The lowest BCUT2D eigenvalue weighted by atomic mass is 9.88. The fraction of sp³-hybridized carbons (Fsp3) is 0.250. The van der Waals surface area contributed by atoms with Crippen molar-refractivity contribution in [2.24, 2.45) is 11.8 Å². The summed E-state index contributed by atoms with van der Waals surface area (Å²) in [5, 5.41) is 0.736. The molecule has 2 aromatic carbocycles. The van der Waals surface area contributed by atoms with Gasteiger partial charge < -0.3 is 0 Å². The normalized spacial score (nSPS) is 23.6. The lowest BCUT2D eigenvalue weighted by molar-refractivity contribution is -0.140. The lowest BCUT2D eigenvalue weighted by Crippen LogP contribution is -2.36. The second-order valence-electron chi connectivity index (χ2n) is 8.20. The van der Waals surface area contributed by atoms with Crippen molar-refractivity contribution in [2.45, 2.75) is 10.9 Å². The summed E-state index contributed by atoms with van der Waals surface area (Å²) in [6.45, 7) is 0.358. The van der Waals surface area contributed by atoms with E-state index >= 15 is 0 Å². The van der Waals surface area contributed by atoms with Crippen LogP contribution in [0, 0.1) is 24.2 Å². The lowest BCUT2D eigenvalue weighted by Gasteiger charge is -2.24. The zero-order valence-corrected chi connectivity index (χ0v) is 18.2. The molecule has 0 spiro atoms. The Labute approximate surface area is 186 Å². The standard InChI is InChI=1S/C24H21N3O4S/c1-3-13-26-23(28)19-14-25(2)22(21(19)24(26)29)18-15-27(20-12-8-7-11-17(18)20)32(30,31)16-9-5-4-6-10-16/h1,4-12,15,19,21-22H,13-14H2,2H3/t19-,21-,22-/m0/s1. The molecule has 2 fully saturated rings. The molecule has 0 aliphatic carbocycles. The van der Waals surface area contributed by atoms with Crippen LogP contribution in [0.15, 0.2) is 65.7 Å². The Morgan fingerprint density at radius 3 is 2.44 bits per heavy atom. The zero-order chi connectivity index (χ0) is 22.6. The SMILES string of the molecule is C#CCN1C(=O)[C@H]2[C@H](CN(C)[C@H]2c2cn(S(=O)(=O)c3ccccc3)c3ccccc23)C1=O. The van der Waals surface area contributed by atoms with Crippen molar-refractivity contribution < 1.29 is 18.0 Å². The molecule has 1 aromatic heterocycles. The van der Waals surface area contributed by atoms with Gasteiger partial charge in [0.05, 0.1) is 28.8 Å². The van der Waals surface area contributed by atoms with Gasteiger partial charge in [-0.3, -0.25) is 19.4 Å². The third-order valence-electron chi connectivity index (χ3n) is 6.44. The molecule has 3 aromatic rings. The molecular formula is C24H21N3O4S. The molecule has 2 aliphatic heterocycles. The molecule has 2 amide bonds. The number of fused-ring (bicyclic) bond motifs is 2. The average molecular weight is 448 g/mol. The van der Waals surface area contributed by atoms with Crippen LogP contribution in [-0.4, -0.2) is 54.1 Å². The summed E-state index contributed by atoms with van der Waals surface area (Å²) < 4.78 is 28.1. The maximum atomic E-state index is 13.4. The van der Waals surface area contributed by atoms with Crippen molar-refractivity contribution in [1.29, 1.82) is 0 Å². The van der Waals surface area contributed by atoms with E-state index in [9.17, 15) is 18.0 Å². The van der Waals surface area contributed by atoms with Gasteiger partial charge in [-0.2, -0.15) is 0 Å². The van der Waals surface area contributed by atoms with E-state index in [1.54, 1.807) is 48.7 Å². The Morgan fingerprint density at radius 1 is 1.03 bits per heavy atom. The van der Waals surface area contributed by atoms with Gasteiger partial charge in [0.15, 0.2) is 0 Å². The van der Waals surface area contributed by atoms with Crippen LogP contribution in [0.25, 0.3) is 10.9 Å². The fourth-order valence-electron chi connectivity index (χ4n) is 5.05. The van der Waals surface area contributed by atoms with E-state index < -0.39 is 27.9 Å². The first kappa shape index (κ1) is 20.5. The zero-order valence-electron chi connectivity index (χ0n) is 17.4. The number of carbonyl (C=O) groups excluding carboxylic acids is 2. The molecule has 3 atom stereocenters. The van der Waals surface area contributed by atoms with Gasteiger partial charge in [0.2, 0.25) is 11.8 Å². The second-order valence-corrected chi connectivity index (χ2v) is 10.0. The molecule has 2 aliphatic rings. The topological polar surface area (TPSA) is 79.7 Å². The van der Waals surface area contributed by atoms with E-state index in [0.29, 0.717) is 17.6 Å². The number of hydrogen-bond donors (Lipinski definition) is 0. The quantitative estimate of drug-likeness (QED) is 0.452. The van der Waals surface area contributed by atoms with Crippen molar-refractivity contribution in [3.05, 3.63) is 66.4 Å². The van der Waals surface area contributed by atoms with Crippen molar-refractivity contribution in [1.82, 2.24) is 13.8 Å². The molecule has 32 heavy (non-hydrogen) atoms. The number of aromatic nitrogens is 1. The van der Waals surface area contributed by atoms with Crippen LogP contribution in [0.4, 0.5) is 0 Å². The van der Waals surface area contributed by atoms with E-state index in [-0.39, 0.29) is 23.3 Å². The molecular weight excluding hydrogens is 426 g/mol. The molecule has 8 heteroatoms. The minimum Gasteiger partial charge on any atom is -0.298 e. The molecule has 0 unspecified atom stereocenters. The highest BCUT2D eigenvalue weighted by Gasteiger charge is 2.57. The number of benzene rings is 2. The van der Waals surface area contributed by atoms with Gasteiger partial charge >= 0.3 is 0 Å². The molecule has 0 saturated carbocycles. The molecule has 0 bridgehead atoms. The summed E-state index contributed by atoms with van der Waals surface area (Å²) in [7, 11) is -1.99. The monoisotopic (exact) mass is 447 g/mol. The predicted octanol–water partition coefficient (Wildman–Crippen LogP) is 2.10. The molecule has 3 heterocycles. The number of rotatable bonds is 4. The first-order valence-electron chi connectivity index (χ1n) is 10.3. The number of carbonyl (C=O) groups is 2. The first-order chi connectivity index (χ1) is 15.4. The maximum Gasteiger partial charge on any atom is 0.268 e. The van der Waals surface area contributed by atoms with Gasteiger partial charge in [-0.1, -0.05) is 42.3 Å². The van der Waals surface area contributed by atoms with Crippen molar-refractivity contribution >= 4 is 32.7 Å². The maximum absolute atomic E-state index is 13.4. The van der Waals surface area contributed by atoms with E-state index in [2.05, 4.69) is 5.92 Å². The molecule has 2 saturated heterocycles. The largest absolute Gasteiger partial charge is 0.298 e. The number of nitrogens with zero attached hydrogens (tertiary/aromatic N) is 3. The third-order valence-corrected chi connectivity index (χ3v) is 8.13. The summed E-state index contributed by atoms with van der Waals surface area (Å²) in [5.74, 6) is 0.747. The van der Waals surface area contributed by atoms with Crippen molar-refractivity contribution in [2.75, 3.05) is 20.1 Å². The fourth-order valence-corrected chi connectivity index (χ4v) is 6.45. The Hall–Kier alpha value is -3.41. The Balaban J connectivity index is 1.67. The van der Waals surface area contributed by atoms with Gasteiger partial charge in [-0.25, -0.2) is 12.4 Å². The van der Waals surface area contributed by atoms with E-state index in [1.807, 2.05) is 24.1 Å². The number of hydrogen-bond acceptors (Lipinski definition) is 5. The van der Waals surface area contributed by atoms with Crippen LogP contribution < -0.4 is 0 Å². The third kappa shape index (κ3) is 2.82. The van der Waals surface area contributed by atoms with Gasteiger partial charge in [-0.05, 0) is 30.8 Å². The van der Waals surface area contributed by atoms with Crippen LogP contribution in [0.2, 0.25) is 0 Å². The first-order valence-corrected chi connectivity index (χ1v) is 11.7. The minimum absolute atomic E-state index is 0.0504. The van der Waals surface area contributed by atoms with Crippen LogP contribution in [0.3, 0.4) is 0 Å². The molecule has 7 nitrogen and oxygen atoms in total. The second kappa shape index (κ2) is 7.33. The van der Waals surface area contributed by atoms with Crippen molar-refractivity contribution in [3.63, 3.8) is 0 Å². The summed E-state index contributed by atoms with van der Waals surface area (Å²) in [5.41, 5.74) is 1.24. The molecule has 0 radical (unpaired) electrons. The number of likely N-dealkylation sites (tertiary alicyclic amines) is 2. The number of para-hydroxylation sites is 1. The van der Waals surface area contributed by atoms with E-state index in [1.165, 1.54) is 3.97 Å². The summed E-state index contributed by atoms with van der Waals surface area (Å²) in [6.07, 6.45) is 6.96. The number of imide groups is 1. The molecule has 162 valence electrons. The van der Waals surface area contributed by atoms with E-state index in [0.717, 1.165) is 10.3 Å². The van der Waals surface area contributed by atoms with Gasteiger partial charge in [-0.15, -0.1) is 6.42 Å². The summed E-state index contributed by atoms with van der Waals surface area (Å²) in [4.78, 5) is 29.2. The smallest absolute Gasteiger partial charge is 0.268 e. The van der Waals surface area contributed by atoms with Crippen LogP contribution in [0.1, 0.15) is 11.6 Å². The molecule has 0 N–H and O–H groups in total. The summed E-state index contributed by atoms with van der Waals surface area (Å²) in [6, 6.07) is 15.0. The van der Waals surface area contributed by atoms with Gasteiger partial charge in [0, 0.05) is 24.2 Å². The van der Waals surface area contributed by atoms with Gasteiger partial charge in [0.1, 0.15) is 0 Å². The van der Waals surface area contributed by atoms with Crippen molar-refractivity contribution in [3.8, 4) is 12.3 Å². The average Bonchev–Trinajstić information content (AvgIpc) is 3.41.